The number of amides is 1. The number of halogens is 3. The van der Waals surface area contributed by atoms with Crippen molar-refractivity contribution in [1.29, 1.82) is 0 Å². The lowest BCUT2D eigenvalue weighted by Gasteiger charge is -2.24. The average Bonchev–Trinajstić information content (AvgIpc) is 3.46. The molecule has 1 aromatic carbocycles. The molecule has 0 bridgehead atoms. The predicted octanol–water partition coefficient (Wildman–Crippen LogP) is 9.98. The smallest absolute Gasteiger partial charge is 0.407 e. The second kappa shape index (κ2) is 35.2. The minimum absolute atomic E-state index is 0.0278. The lowest BCUT2D eigenvalue weighted by atomic mass is 9.97. The van der Waals surface area contributed by atoms with E-state index in [1.54, 1.807) is 39.0 Å². The number of aryl methyl sites for hydroxylation is 1. The van der Waals surface area contributed by atoms with Crippen LogP contribution in [0.4, 0.5) is 18.0 Å². The molecular weight excluding hydrogens is 609 g/mol. The largest absolute Gasteiger partial charge is 0.478 e. The number of carboxylic acid groups (broad SMARTS) is 1. The van der Waals surface area contributed by atoms with Crippen LogP contribution in [0.3, 0.4) is 0 Å². The number of carboxylic acids is 1. The molecule has 0 aromatic heterocycles. The molecule has 0 aliphatic carbocycles. The van der Waals surface area contributed by atoms with Gasteiger partial charge < -0.3 is 25.6 Å². The first-order chi connectivity index (χ1) is 22.4. The van der Waals surface area contributed by atoms with Crippen LogP contribution in [0.15, 0.2) is 84.8 Å². The Labute approximate surface area is 282 Å². The van der Waals surface area contributed by atoms with E-state index in [1.165, 1.54) is 17.2 Å². The third kappa shape index (κ3) is 29.5. The minimum atomic E-state index is -0.844. The molecule has 2 rings (SSSR count). The van der Waals surface area contributed by atoms with Gasteiger partial charge in [0.2, 0.25) is 0 Å². The number of cyclic esters (lactones) is 1. The third-order valence-electron chi connectivity index (χ3n) is 6.07. The van der Waals surface area contributed by atoms with Crippen LogP contribution in [0.25, 0.3) is 0 Å². The molecule has 4 N–H and O–H groups in total. The van der Waals surface area contributed by atoms with E-state index in [0.29, 0.717) is 24.9 Å². The van der Waals surface area contributed by atoms with Gasteiger partial charge in [-0.25, -0.2) is 22.8 Å². The fraction of sp³-hybridized carbons (Fsp3) is 0.514. The van der Waals surface area contributed by atoms with Gasteiger partial charge in [-0.1, -0.05) is 102 Å². The zero-order valence-electron chi connectivity index (χ0n) is 30.1. The van der Waals surface area contributed by atoms with Crippen LogP contribution in [0.2, 0.25) is 0 Å². The first-order valence-electron chi connectivity index (χ1n) is 16.2. The summed E-state index contributed by atoms with van der Waals surface area (Å²) in [7, 11) is 0. The van der Waals surface area contributed by atoms with E-state index in [1.807, 2.05) is 27.7 Å². The van der Waals surface area contributed by atoms with Crippen LogP contribution in [0, 0.1) is 6.92 Å². The van der Waals surface area contributed by atoms with Crippen LogP contribution in [-0.2, 0) is 16.1 Å². The topological polar surface area (TPSA) is 108 Å². The van der Waals surface area contributed by atoms with E-state index < -0.39 is 11.8 Å². The second-order valence-corrected chi connectivity index (χ2v) is 9.60. The first-order valence-corrected chi connectivity index (χ1v) is 16.2. The number of aliphatic hydroxyl groups excluding tert-OH is 1. The summed E-state index contributed by atoms with van der Waals surface area (Å²) >= 11 is 0. The van der Waals surface area contributed by atoms with Crippen LogP contribution in [0.1, 0.15) is 98.6 Å². The van der Waals surface area contributed by atoms with Crippen molar-refractivity contribution in [2.45, 2.75) is 107 Å². The summed E-state index contributed by atoms with van der Waals surface area (Å²) in [5.74, 6) is -1.54. The van der Waals surface area contributed by atoms with Crippen molar-refractivity contribution in [3.8, 4) is 0 Å². The van der Waals surface area contributed by atoms with Gasteiger partial charge in [0.25, 0.3) is 0 Å². The molecule has 47 heavy (non-hydrogen) atoms. The highest BCUT2D eigenvalue weighted by Crippen LogP contribution is 2.23. The Kier molecular flexibility index (Phi) is 37.7. The van der Waals surface area contributed by atoms with Crippen molar-refractivity contribution in [3.05, 3.63) is 95.9 Å². The highest BCUT2D eigenvalue weighted by molar-refractivity contribution is 5.87. The van der Waals surface area contributed by atoms with Crippen molar-refractivity contribution in [2.24, 2.45) is 0 Å². The molecule has 7 nitrogen and oxygen atoms in total. The van der Waals surface area contributed by atoms with Crippen molar-refractivity contribution in [3.63, 3.8) is 0 Å². The van der Waals surface area contributed by atoms with E-state index in [2.05, 4.69) is 55.3 Å². The summed E-state index contributed by atoms with van der Waals surface area (Å²) in [4.78, 5) is 21.8. The number of carbonyl (C=O) groups excluding carboxylic acids is 1. The number of hydrogen-bond donors (Lipinski definition) is 4. The maximum absolute atomic E-state index is 11.3. The molecule has 1 unspecified atom stereocenters. The number of nitrogens with one attached hydrogen (secondary N) is 2. The summed E-state index contributed by atoms with van der Waals surface area (Å²) < 4.78 is 38.4. The van der Waals surface area contributed by atoms with E-state index in [0.717, 1.165) is 37.9 Å². The Morgan fingerprint density at radius 1 is 1.11 bits per heavy atom. The van der Waals surface area contributed by atoms with Gasteiger partial charge in [0.05, 0.1) is 12.9 Å². The maximum Gasteiger partial charge on any atom is 0.407 e. The fourth-order valence-corrected chi connectivity index (χ4v) is 3.35. The number of hydrogen-bond acceptors (Lipinski definition) is 5. The standard InChI is InChI=1S/C15H22N2O2.C10H14O2.C4H6F2.C4H7F.C2H6O.C2H6/c1-3-15(11-17-14(18)19-15)8-9-16-10-13-6-4-12(2)5-7-13;1-4-6-7-8(3)9(5-2)10(11)12;1-2-4(6)3-5;1-2-3-4-5;1-2-3;1-2/h4-7,16H,3,8-11H2,1-2H3,(H,17,18);4,6-7H,1,5H2,2-3H3,(H,11,12);3H,2H2,1H3;3-4H,2H2,1H3;3H,2H2,1H3;1-2H3/b;7-6-,9-8+;4-3-;4-3+;;. The van der Waals surface area contributed by atoms with Gasteiger partial charge in [0, 0.05) is 25.1 Å². The van der Waals surface area contributed by atoms with Gasteiger partial charge in [-0.2, -0.15) is 0 Å². The molecule has 1 aromatic rings. The molecule has 1 atom stereocenters. The molecule has 1 fully saturated rings. The Bertz CT molecular complexity index is 1050. The summed E-state index contributed by atoms with van der Waals surface area (Å²) in [6, 6.07) is 8.50. The quantitative estimate of drug-likeness (QED) is 0.100. The zero-order valence-corrected chi connectivity index (χ0v) is 30.1. The molecule has 1 aliphatic rings. The van der Waals surface area contributed by atoms with Gasteiger partial charge in [0.15, 0.2) is 0 Å². The van der Waals surface area contributed by atoms with Gasteiger partial charge in [-0.05, 0) is 64.1 Å². The summed E-state index contributed by atoms with van der Waals surface area (Å²) in [6.45, 7) is 22.9. The average molecular weight is 671 g/mol. The van der Waals surface area contributed by atoms with Crippen LogP contribution in [-0.4, -0.2) is 47.6 Å². The molecule has 10 heteroatoms. The molecule has 1 saturated heterocycles. The molecule has 270 valence electrons. The van der Waals surface area contributed by atoms with Gasteiger partial charge in [0.1, 0.15) is 17.8 Å². The Balaban J connectivity index is -0.000000282. The van der Waals surface area contributed by atoms with Gasteiger partial charge in [-0.3, -0.25) is 0 Å². The minimum Gasteiger partial charge on any atom is -0.478 e. The molecular formula is C37H61F3N2O5. The molecule has 1 heterocycles. The lowest BCUT2D eigenvalue weighted by molar-refractivity contribution is -0.132. The van der Waals surface area contributed by atoms with Gasteiger partial charge >= 0.3 is 12.1 Å². The SMILES string of the molecule is C=C/C=C\C(C)=C(/CC)C(=O)O.CC.CC/C(F)=C/F.CC/C=C/F.CCC1(CCNCc2ccc(C)cc2)CNC(=O)O1.CCO. The van der Waals surface area contributed by atoms with E-state index >= 15 is 0 Å². The van der Waals surface area contributed by atoms with Crippen molar-refractivity contribution in [1.82, 2.24) is 10.6 Å². The third-order valence-corrected chi connectivity index (χ3v) is 6.07. The van der Waals surface area contributed by atoms with Crippen LogP contribution < -0.4 is 10.6 Å². The number of allylic oxidation sites excluding steroid dienone is 6. The number of benzene rings is 1. The fourth-order valence-electron chi connectivity index (χ4n) is 3.35. The van der Waals surface area contributed by atoms with Crippen LogP contribution >= 0.6 is 0 Å². The Hall–Kier alpha value is -3.63. The summed E-state index contributed by atoms with van der Waals surface area (Å²) in [5, 5.41) is 22.4. The van der Waals surface area contributed by atoms with Crippen molar-refractivity contribution >= 4 is 12.1 Å². The normalized spacial score (nSPS) is 15.3. The summed E-state index contributed by atoms with van der Waals surface area (Å²) in [5.41, 5.74) is 3.46. The van der Waals surface area contributed by atoms with E-state index in [-0.39, 0.29) is 31.1 Å². The second-order valence-electron chi connectivity index (χ2n) is 9.60. The maximum atomic E-state index is 11.3. The first kappa shape index (κ1) is 50.2. The summed E-state index contributed by atoms with van der Waals surface area (Å²) in [6.07, 6.45) is 9.97. The molecule has 1 aliphatic heterocycles. The highest BCUT2D eigenvalue weighted by atomic mass is 19.2. The van der Waals surface area contributed by atoms with E-state index in [9.17, 15) is 22.8 Å². The number of alkyl carbamates (subject to hydrolysis) is 1. The van der Waals surface area contributed by atoms with Crippen LogP contribution in [0.5, 0.6) is 0 Å². The number of ether oxygens (including phenoxy) is 1. The zero-order chi connectivity index (χ0) is 37.1. The number of aliphatic hydroxyl groups is 1. The Morgan fingerprint density at radius 3 is 2.00 bits per heavy atom. The number of rotatable bonds is 12. The molecule has 0 radical (unpaired) electrons. The monoisotopic (exact) mass is 670 g/mol. The van der Waals surface area contributed by atoms with Gasteiger partial charge in [-0.15, -0.1) is 0 Å². The number of carbonyl (C=O) groups is 2. The molecule has 0 saturated carbocycles. The van der Waals surface area contributed by atoms with Crippen molar-refractivity contribution in [2.75, 3.05) is 19.7 Å². The predicted molar refractivity (Wildman–Crippen MR) is 190 cm³/mol. The van der Waals surface area contributed by atoms with Crippen molar-refractivity contribution < 1.29 is 37.7 Å². The molecule has 1 amide bonds. The lowest BCUT2D eigenvalue weighted by Crippen LogP contribution is -2.36. The Morgan fingerprint density at radius 2 is 1.68 bits per heavy atom. The highest BCUT2D eigenvalue weighted by Gasteiger charge is 2.37. The number of aliphatic carboxylic acids is 1. The molecule has 0 spiro atoms. The van der Waals surface area contributed by atoms with E-state index in [4.69, 9.17) is 14.9 Å².